The smallest absolute Gasteiger partial charge is 0.230 e. The largest absolute Gasteiger partial charge is 0.341 e. The summed E-state index contributed by atoms with van der Waals surface area (Å²) in [7, 11) is 3.87. The van der Waals surface area contributed by atoms with Crippen LogP contribution in [0.15, 0.2) is 12.4 Å². The van der Waals surface area contributed by atoms with Crippen molar-refractivity contribution >= 4 is 5.91 Å². The minimum Gasteiger partial charge on any atom is -0.341 e. The molecule has 6 nitrogen and oxygen atoms in total. The summed E-state index contributed by atoms with van der Waals surface area (Å²) >= 11 is 0. The number of carbonyl (C=O) groups excluding carboxylic acids is 1. The molecule has 1 saturated heterocycles. The topological polar surface area (TPSA) is 56.0 Å². The van der Waals surface area contributed by atoms with Gasteiger partial charge in [-0.15, -0.1) is 0 Å². The molecular formula is C19H29N5O. The van der Waals surface area contributed by atoms with E-state index in [2.05, 4.69) is 30.2 Å². The van der Waals surface area contributed by atoms with Crippen molar-refractivity contribution in [2.24, 2.45) is 19.5 Å². The summed E-state index contributed by atoms with van der Waals surface area (Å²) in [6.07, 6.45) is 4.00. The number of hydrogen-bond acceptors (Lipinski definition) is 3. The Kier molecular flexibility index (Phi) is 4.25. The molecule has 3 rings (SSSR count). The highest BCUT2D eigenvalue weighted by molar-refractivity contribution is 5.84. The third kappa shape index (κ3) is 2.98. The van der Waals surface area contributed by atoms with Crippen LogP contribution in [0.25, 0.3) is 0 Å². The number of hydrogen-bond donors (Lipinski definition) is 0. The van der Waals surface area contributed by atoms with Crippen LogP contribution in [0.1, 0.15) is 55.1 Å². The molecule has 2 unspecified atom stereocenters. The van der Waals surface area contributed by atoms with Crippen LogP contribution in [-0.4, -0.2) is 43.5 Å². The molecular weight excluding hydrogens is 314 g/mol. The SMILES string of the molecule is Cc1nn(C)c(C)c1C(C)C(=O)N1CC(c2cnn(C)c2)C(C)(C)C1. The molecule has 0 aliphatic carbocycles. The first-order valence-corrected chi connectivity index (χ1v) is 8.89. The van der Waals surface area contributed by atoms with E-state index in [1.165, 1.54) is 5.56 Å². The Morgan fingerprint density at radius 1 is 1.32 bits per heavy atom. The third-order valence-corrected chi connectivity index (χ3v) is 5.75. The standard InChI is InChI=1S/C19H29N5O/c1-12(17-13(2)21-23(7)14(17)3)18(25)24-10-16(19(4,5)11-24)15-8-20-22(6)9-15/h8-9,12,16H,10-11H2,1-7H3. The second-order valence-corrected chi connectivity index (χ2v) is 8.14. The highest BCUT2D eigenvalue weighted by atomic mass is 16.2. The number of rotatable bonds is 3. The van der Waals surface area contributed by atoms with Gasteiger partial charge in [0.05, 0.1) is 17.8 Å². The highest BCUT2D eigenvalue weighted by Crippen LogP contribution is 2.43. The molecule has 0 radical (unpaired) electrons. The molecule has 2 aromatic heterocycles. The normalized spacial score (nSPS) is 20.9. The number of aryl methyl sites for hydroxylation is 3. The van der Waals surface area contributed by atoms with Gasteiger partial charge < -0.3 is 4.90 Å². The summed E-state index contributed by atoms with van der Waals surface area (Å²) in [6.45, 7) is 12.0. The van der Waals surface area contributed by atoms with E-state index in [0.29, 0.717) is 5.92 Å². The zero-order valence-electron chi connectivity index (χ0n) is 16.4. The highest BCUT2D eigenvalue weighted by Gasteiger charge is 2.43. The first kappa shape index (κ1) is 17.7. The third-order valence-electron chi connectivity index (χ3n) is 5.75. The van der Waals surface area contributed by atoms with Crippen molar-refractivity contribution in [3.05, 3.63) is 34.9 Å². The van der Waals surface area contributed by atoms with E-state index in [4.69, 9.17) is 0 Å². The van der Waals surface area contributed by atoms with E-state index in [9.17, 15) is 4.79 Å². The van der Waals surface area contributed by atoms with Crippen molar-refractivity contribution in [2.75, 3.05) is 13.1 Å². The fraction of sp³-hybridized carbons (Fsp3) is 0.632. The zero-order chi connectivity index (χ0) is 18.5. The van der Waals surface area contributed by atoms with E-state index >= 15 is 0 Å². The second kappa shape index (κ2) is 6.00. The summed E-state index contributed by atoms with van der Waals surface area (Å²) in [6, 6.07) is 0. The van der Waals surface area contributed by atoms with E-state index in [1.807, 2.05) is 55.3 Å². The van der Waals surface area contributed by atoms with Gasteiger partial charge in [-0.2, -0.15) is 10.2 Å². The van der Waals surface area contributed by atoms with Crippen LogP contribution in [0, 0.1) is 19.3 Å². The van der Waals surface area contributed by atoms with Crippen LogP contribution in [-0.2, 0) is 18.9 Å². The Morgan fingerprint density at radius 3 is 2.52 bits per heavy atom. The summed E-state index contributed by atoms with van der Waals surface area (Å²) in [5.41, 5.74) is 4.33. The zero-order valence-corrected chi connectivity index (χ0v) is 16.4. The van der Waals surface area contributed by atoms with Gasteiger partial charge in [0, 0.05) is 50.6 Å². The van der Waals surface area contributed by atoms with Crippen LogP contribution < -0.4 is 0 Å². The molecule has 1 amide bonds. The number of carbonyl (C=O) groups is 1. The maximum absolute atomic E-state index is 13.2. The number of likely N-dealkylation sites (tertiary alicyclic amines) is 1. The van der Waals surface area contributed by atoms with Gasteiger partial charge in [-0.25, -0.2) is 0 Å². The van der Waals surface area contributed by atoms with Crippen molar-refractivity contribution < 1.29 is 4.79 Å². The first-order valence-electron chi connectivity index (χ1n) is 8.89. The predicted molar refractivity (Wildman–Crippen MR) is 97.4 cm³/mol. The summed E-state index contributed by atoms with van der Waals surface area (Å²) < 4.78 is 3.70. The van der Waals surface area contributed by atoms with Crippen LogP contribution in [0.4, 0.5) is 0 Å². The second-order valence-electron chi connectivity index (χ2n) is 8.14. The van der Waals surface area contributed by atoms with Gasteiger partial charge >= 0.3 is 0 Å². The lowest BCUT2D eigenvalue weighted by Crippen LogP contribution is -2.33. The van der Waals surface area contributed by atoms with Crippen molar-refractivity contribution in [1.29, 1.82) is 0 Å². The predicted octanol–water partition coefficient (Wildman–Crippen LogP) is 2.53. The Balaban J connectivity index is 1.83. The van der Waals surface area contributed by atoms with Crippen LogP contribution in [0.3, 0.4) is 0 Å². The van der Waals surface area contributed by atoms with E-state index in [-0.39, 0.29) is 17.2 Å². The molecule has 0 aromatic carbocycles. The minimum absolute atomic E-state index is 0.0391. The summed E-state index contributed by atoms with van der Waals surface area (Å²) in [5.74, 6) is 0.337. The number of aromatic nitrogens is 4. The van der Waals surface area contributed by atoms with Crippen LogP contribution in [0.5, 0.6) is 0 Å². The molecule has 0 bridgehead atoms. The fourth-order valence-electron chi connectivity index (χ4n) is 4.29. The monoisotopic (exact) mass is 343 g/mol. The van der Waals surface area contributed by atoms with Gasteiger partial charge in [0.25, 0.3) is 0 Å². The van der Waals surface area contributed by atoms with Gasteiger partial charge in [0.1, 0.15) is 0 Å². The lowest BCUT2D eigenvalue weighted by Gasteiger charge is -2.24. The van der Waals surface area contributed by atoms with E-state index in [1.54, 1.807) is 0 Å². The quantitative estimate of drug-likeness (QED) is 0.860. The maximum Gasteiger partial charge on any atom is 0.230 e. The Bertz CT molecular complexity index is 801. The van der Waals surface area contributed by atoms with Crippen molar-refractivity contribution in [2.45, 2.75) is 46.5 Å². The number of nitrogens with zero attached hydrogens (tertiary/aromatic N) is 5. The first-order chi connectivity index (χ1) is 11.6. The molecule has 2 atom stereocenters. The van der Waals surface area contributed by atoms with Crippen molar-refractivity contribution in [1.82, 2.24) is 24.5 Å². The van der Waals surface area contributed by atoms with Crippen molar-refractivity contribution in [3.63, 3.8) is 0 Å². The minimum atomic E-state index is -0.169. The van der Waals surface area contributed by atoms with Gasteiger partial charge in [-0.1, -0.05) is 13.8 Å². The molecule has 0 N–H and O–H groups in total. The van der Waals surface area contributed by atoms with Gasteiger partial charge in [-0.05, 0) is 31.7 Å². The van der Waals surface area contributed by atoms with E-state index in [0.717, 1.165) is 30.0 Å². The van der Waals surface area contributed by atoms with Gasteiger partial charge in [-0.3, -0.25) is 14.2 Å². The molecule has 2 aromatic rings. The van der Waals surface area contributed by atoms with Gasteiger partial charge in [0.15, 0.2) is 0 Å². The molecule has 6 heteroatoms. The molecule has 0 spiro atoms. The molecule has 1 aliphatic heterocycles. The maximum atomic E-state index is 13.2. The lowest BCUT2D eigenvalue weighted by atomic mass is 9.79. The number of amides is 1. The molecule has 1 fully saturated rings. The lowest BCUT2D eigenvalue weighted by molar-refractivity contribution is -0.131. The molecule has 3 heterocycles. The van der Waals surface area contributed by atoms with Crippen molar-refractivity contribution in [3.8, 4) is 0 Å². The molecule has 25 heavy (non-hydrogen) atoms. The average Bonchev–Trinajstić information content (AvgIpc) is 3.15. The molecule has 136 valence electrons. The summed E-state index contributed by atoms with van der Waals surface area (Å²) in [5, 5.41) is 8.78. The fourth-order valence-corrected chi connectivity index (χ4v) is 4.29. The molecule has 0 saturated carbocycles. The van der Waals surface area contributed by atoms with Crippen LogP contribution >= 0.6 is 0 Å². The Hall–Kier alpha value is -2.11. The average molecular weight is 343 g/mol. The van der Waals surface area contributed by atoms with Crippen LogP contribution in [0.2, 0.25) is 0 Å². The van der Waals surface area contributed by atoms with Gasteiger partial charge in [0.2, 0.25) is 5.91 Å². The Morgan fingerprint density at radius 2 is 2.00 bits per heavy atom. The van der Waals surface area contributed by atoms with E-state index < -0.39 is 0 Å². The Labute approximate surface area is 149 Å². The summed E-state index contributed by atoms with van der Waals surface area (Å²) in [4.78, 5) is 15.2. The molecule has 1 aliphatic rings.